The Morgan fingerprint density at radius 2 is 2.05 bits per heavy atom. The molecule has 0 radical (unpaired) electrons. The van der Waals surface area contributed by atoms with Crippen molar-refractivity contribution in [3.05, 3.63) is 23.9 Å². The molecule has 0 atom stereocenters. The molecule has 0 aliphatic heterocycles. The van der Waals surface area contributed by atoms with Gasteiger partial charge in [-0.15, -0.1) is 0 Å². The van der Waals surface area contributed by atoms with Crippen molar-refractivity contribution >= 4 is 5.82 Å². The van der Waals surface area contributed by atoms with Gasteiger partial charge in [0.05, 0.1) is 0 Å². The molecule has 0 saturated heterocycles. The third kappa shape index (κ3) is 3.69. The van der Waals surface area contributed by atoms with E-state index in [-0.39, 0.29) is 0 Å². The Bertz CT molecular complexity index is 405. The quantitative estimate of drug-likeness (QED) is 0.816. The van der Waals surface area contributed by atoms with Crippen molar-refractivity contribution in [2.24, 2.45) is 5.92 Å². The van der Waals surface area contributed by atoms with Gasteiger partial charge in [-0.3, -0.25) is 0 Å². The van der Waals surface area contributed by atoms with Crippen molar-refractivity contribution in [1.29, 1.82) is 0 Å². The van der Waals surface area contributed by atoms with Crippen molar-refractivity contribution < 1.29 is 0 Å². The maximum atomic E-state index is 4.68. The first-order valence-corrected chi connectivity index (χ1v) is 7.67. The van der Waals surface area contributed by atoms with Crippen LogP contribution in [0.25, 0.3) is 0 Å². The summed E-state index contributed by atoms with van der Waals surface area (Å²) in [7, 11) is 0. The molecule has 0 amide bonds. The third-order valence-corrected chi connectivity index (χ3v) is 3.96. The van der Waals surface area contributed by atoms with E-state index in [1.54, 1.807) is 0 Å². The zero-order valence-corrected chi connectivity index (χ0v) is 12.1. The molecule has 1 aromatic heterocycles. The summed E-state index contributed by atoms with van der Waals surface area (Å²) in [5.74, 6) is 2.12. The van der Waals surface area contributed by atoms with E-state index in [9.17, 15) is 0 Å². The van der Waals surface area contributed by atoms with Gasteiger partial charge in [0.2, 0.25) is 0 Å². The molecule has 3 nitrogen and oxygen atoms in total. The molecule has 2 fully saturated rings. The highest BCUT2D eigenvalue weighted by molar-refractivity contribution is 5.42. The summed E-state index contributed by atoms with van der Waals surface area (Å²) in [6, 6.07) is 5.73. The Labute approximate surface area is 116 Å². The molecule has 1 aromatic rings. The second-order valence-corrected chi connectivity index (χ2v) is 6.39. The summed E-state index contributed by atoms with van der Waals surface area (Å²) in [5.41, 5.74) is 1.28. The van der Waals surface area contributed by atoms with E-state index in [0.29, 0.717) is 6.04 Å². The van der Waals surface area contributed by atoms with Gasteiger partial charge in [0.25, 0.3) is 0 Å². The van der Waals surface area contributed by atoms with Crippen LogP contribution in [0.15, 0.2) is 18.3 Å². The summed E-state index contributed by atoms with van der Waals surface area (Å²) in [6.45, 7) is 6.48. The fourth-order valence-corrected chi connectivity index (χ4v) is 2.41. The molecule has 0 spiro atoms. The summed E-state index contributed by atoms with van der Waals surface area (Å²) >= 11 is 0. The lowest BCUT2D eigenvalue weighted by Gasteiger charge is -2.23. The molecule has 2 saturated carbocycles. The van der Waals surface area contributed by atoms with Gasteiger partial charge in [-0.05, 0) is 43.2 Å². The van der Waals surface area contributed by atoms with E-state index < -0.39 is 0 Å². The largest absolute Gasteiger partial charge is 0.353 e. The van der Waals surface area contributed by atoms with Gasteiger partial charge in [-0.25, -0.2) is 4.98 Å². The average Bonchev–Trinajstić information content (AvgIpc) is 3.27. The van der Waals surface area contributed by atoms with Crippen LogP contribution in [-0.2, 0) is 6.54 Å². The Hall–Kier alpha value is -1.09. The molecule has 104 valence electrons. The molecule has 2 aliphatic carbocycles. The molecule has 0 unspecified atom stereocenters. The summed E-state index contributed by atoms with van der Waals surface area (Å²) in [6.07, 6.45) is 7.57. The van der Waals surface area contributed by atoms with Crippen LogP contribution >= 0.6 is 0 Å². The van der Waals surface area contributed by atoms with Crippen molar-refractivity contribution in [2.45, 2.75) is 58.2 Å². The van der Waals surface area contributed by atoms with E-state index in [1.165, 1.54) is 43.6 Å². The van der Waals surface area contributed by atoms with E-state index >= 15 is 0 Å². The lowest BCUT2D eigenvalue weighted by Crippen LogP contribution is -2.29. The lowest BCUT2D eigenvalue weighted by atomic mass is 10.2. The number of nitrogens with one attached hydrogen (secondary N) is 1. The summed E-state index contributed by atoms with van der Waals surface area (Å²) in [4.78, 5) is 7.22. The second kappa shape index (κ2) is 5.49. The van der Waals surface area contributed by atoms with E-state index in [0.717, 1.165) is 18.5 Å². The number of rotatable bonds is 7. The highest BCUT2D eigenvalue weighted by Gasteiger charge is 2.34. The number of anilines is 1. The minimum atomic E-state index is 0.525. The van der Waals surface area contributed by atoms with Crippen molar-refractivity contribution in [3.8, 4) is 0 Å². The van der Waals surface area contributed by atoms with Crippen LogP contribution < -0.4 is 10.2 Å². The first-order chi connectivity index (χ1) is 9.22. The molecule has 0 aromatic carbocycles. The molecule has 1 heterocycles. The normalized spacial score (nSPS) is 18.9. The Morgan fingerprint density at radius 3 is 2.58 bits per heavy atom. The van der Waals surface area contributed by atoms with Crippen LogP contribution in [0.4, 0.5) is 5.82 Å². The smallest absolute Gasteiger partial charge is 0.128 e. The number of nitrogens with zero attached hydrogens (tertiary/aromatic N) is 2. The van der Waals surface area contributed by atoms with Crippen molar-refractivity contribution in [2.75, 3.05) is 11.4 Å². The van der Waals surface area contributed by atoms with Gasteiger partial charge in [-0.2, -0.15) is 0 Å². The summed E-state index contributed by atoms with van der Waals surface area (Å²) in [5, 5.41) is 3.43. The monoisotopic (exact) mass is 259 g/mol. The number of pyridine rings is 1. The molecular formula is C16H25N3. The van der Waals surface area contributed by atoms with Crippen molar-refractivity contribution in [1.82, 2.24) is 10.3 Å². The maximum Gasteiger partial charge on any atom is 0.128 e. The molecule has 19 heavy (non-hydrogen) atoms. The fraction of sp³-hybridized carbons (Fsp3) is 0.688. The molecule has 3 heteroatoms. The van der Waals surface area contributed by atoms with Crippen molar-refractivity contribution in [3.63, 3.8) is 0 Å². The highest BCUT2D eigenvalue weighted by Crippen LogP contribution is 2.36. The Morgan fingerprint density at radius 1 is 1.26 bits per heavy atom. The van der Waals surface area contributed by atoms with Gasteiger partial charge in [0.1, 0.15) is 5.82 Å². The zero-order valence-electron chi connectivity index (χ0n) is 12.1. The fourth-order valence-electron chi connectivity index (χ4n) is 2.41. The molecule has 1 N–H and O–H groups in total. The predicted molar refractivity (Wildman–Crippen MR) is 79.3 cm³/mol. The van der Waals surface area contributed by atoms with Crippen LogP contribution in [0.3, 0.4) is 0 Å². The average molecular weight is 259 g/mol. The van der Waals surface area contributed by atoms with Crippen LogP contribution in [0, 0.1) is 5.92 Å². The van der Waals surface area contributed by atoms with Gasteiger partial charge >= 0.3 is 0 Å². The molecule has 0 bridgehead atoms. The second-order valence-electron chi connectivity index (χ2n) is 6.39. The summed E-state index contributed by atoms with van der Waals surface area (Å²) < 4.78 is 0. The zero-order chi connectivity index (χ0) is 13.2. The highest BCUT2D eigenvalue weighted by atomic mass is 15.2. The van der Waals surface area contributed by atoms with E-state index in [2.05, 4.69) is 41.2 Å². The third-order valence-electron chi connectivity index (χ3n) is 3.96. The van der Waals surface area contributed by atoms with Crippen LogP contribution in [0.1, 0.15) is 45.1 Å². The predicted octanol–water partition coefficient (Wildman–Crippen LogP) is 2.96. The standard InChI is InChI=1S/C16H25N3/c1-12(2)17-9-14-5-8-16(18-10-14)19(15-6-7-15)11-13-3-4-13/h5,8,10,12-13,15,17H,3-4,6-7,9,11H2,1-2H3. The van der Waals surface area contributed by atoms with Gasteiger partial charge in [-0.1, -0.05) is 19.9 Å². The SMILES string of the molecule is CC(C)NCc1ccc(N(CC2CC2)C2CC2)nc1. The van der Waals surface area contributed by atoms with Crippen LogP contribution in [0.5, 0.6) is 0 Å². The first kappa shape index (κ1) is 12.9. The lowest BCUT2D eigenvalue weighted by molar-refractivity contribution is 0.587. The minimum absolute atomic E-state index is 0.525. The van der Waals surface area contributed by atoms with Gasteiger partial charge in [0.15, 0.2) is 0 Å². The van der Waals surface area contributed by atoms with Crippen LogP contribution in [0.2, 0.25) is 0 Å². The minimum Gasteiger partial charge on any atom is -0.353 e. The number of hydrogen-bond acceptors (Lipinski definition) is 3. The Kier molecular flexibility index (Phi) is 3.74. The Balaban J connectivity index is 1.62. The first-order valence-electron chi connectivity index (χ1n) is 7.67. The molecule has 2 aliphatic rings. The van der Waals surface area contributed by atoms with Gasteiger partial charge in [0, 0.05) is 31.4 Å². The van der Waals surface area contributed by atoms with E-state index in [1.807, 2.05) is 6.20 Å². The van der Waals surface area contributed by atoms with E-state index in [4.69, 9.17) is 0 Å². The van der Waals surface area contributed by atoms with Gasteiger partial charge < -0.3 is 10.2 Å². The molecule has 3 rings (SSSR count). The molecular weight excluding hydrogens is 234 g/mol. The topological polar surface area (TPSA) is 28.2 Å². The maximum absolute atomic E-state index is 4.68. The number of hydrogen-bond donors (Lipinski definition) is 1. The van der Waals surface area contributed by atoms with Crippen LogP contribution in [-0.4, -0.2) is 23.6 Å². The number of aromatic nitrogens is 1.